The van der Waals surface area contributed by atoms with Crippen molar-refractivity contribution in [3.05, 3.63) is 59.7 Å². The van der Waals surface area contributed by atoms with Crippen LogP contribution in [-0.4, -0.2) is 58.6 Å². The van der Waals surface area contributed by atoms with Gasteiger partial charge in [0.2, 0.25) is 0 Å². The predicted octanol–water partition coefficient (Wildman–Crippen LogP) is 2.48. The van der Waals surface area contributed by atoms with Gasteiger partial charge in [0.05, 0.1) is 0 Å². The molecule has 8 heteroatoms. The van der Waals surface area contributed by atoms with Gasteiger partial charge in [-0.25, -0.2) is 4.79 Å². The van der Waals surface area contributed by atoms with Crippen molar-refractivity contribution in [1.29, 1.82) is 0 Å². The number of aliphatic hydroxyl groups is 2. The van der Waals surface area contributed by atoms with E-state index in [1.165, 1.54) is 13.8 Å². The molecular weight excluding hydrogens is 428 g/mol. The quantitative estimate of drug-likeness (QED) is 0.469. The van der Waals surface area contributed by atoms with E-state index in [0.29, 0.717) is 36.5 Å². The number of aliphatic carboxylic acids is 1. The number of carboxylic acids is 1. The summed E-state index contributed by atoms with van der Waals surface area (Å²) in [5, 5.41) is 30.0. The molecule has 1 heterocycles. The van der Waals surface area contributed by atoms with Crippen molar-refractivity contribution < 1.29 is 39.1 Å². The Morgan fingerprint density at radius 3 is 2.36 bits per heavy atom. The van der Waals surface area contributed by atoms with Crippen molar-refractivity contribution in [2.24, 2.45) is 0 Å². The van der Waals surface area contributed by atoms with Gasteiger partial charge in [0.1, 0.15) is 36.4 Å². The molecule has 0 saturated carbocycles. The first kappa shape index (κ1) is 24.7. The van der Waals surface area contributed by atoms with Crippen LogP contribution in [0.5, 0.6) is 11.5 Å². The number of hydrogen-bond donors (Lipinski definition) is 3. The number of rotatable bonds is 11. The second-order valence-corrected chi connectivity index (χ2v) is 8.50. The third kappa shape index (κ3) is 6.10. The summed E-state index contributed by atoms with van der Waals surface area (Å²) in [5.41, 5.74) is -1.52. The first-order chi connectivity index (χ1) is 15.6. The number of carbonyl (C=O) groups excluding carboxylic acids is 1. The summed E-state index contributed by atoms with van der Waals surface area (Å²) >= 11 is 0. The minimum atomic E-state index is -1.56. The SMILES string of the molecule is CC(=O)C(C)(O)c1ccc(OCC(O)COc2cccc(CC3(C(=O)O)CCCO3)c2)cc1. The lowest BCUT2D eigenvalue weighted by Crippen LogP contribution is -2.40. The van der Waals surface area contributed by atoms with Crippen molar-refractivity contribution in [2.75, 3.05) is 19.8 Å². The van der Waals surface area contributed by atoms with Gasteiger partial charge in [-0.05, 0) is 62.1 Å². The molecule has 3 unspecified atom stereocenters. The number of Topliss-reactive ketones (excluding diaryl/α,β-unsaturated/α-hetero) is 1. The number of hydrogen-bond acceptors (Lipinski definition) is 7. The van der Waals surface area contributed by atoms with Crippen molar-refractivity contribution in [2.45, 2.75) is 50.4 Å². The number of aliphatic hydroxyl groups excluding tert-OH is 1. The maximum Gasteiger partial charge on any atom is 0.336 e. The van der Waals surface area contributed by atoms with Gasteiger partial charge >= 0.3 is 5.97 Å². The van der Waals surface area contributed by atoms with Crippen LogP contribution in [0.2, 0.25) is 0 Å². The molecule has 1 aliphatic rings. The number of benzene rings is 2. The van der Waals surface area contributed by atoms with E-state index in [4.69, 9.17) is 14.2 Å². The molecule has 1 saturated heterocycles. The number of ether oxygens (including phenoxy) is 3. The molecule has 0 aromatic heterocycles. The van der Waals surface area contributed by atoms with E-state index in [1.54, 1.807) is 42.5 Å². The summed E-state index contributed by atoms with van der Waals surface area (Å²) in [7, 11) is 0. The molecule has 3 atom stereocenters. The number of carboxylic acid groups (broad SMARTS) is 1. The Morgan fingerprint density at radius 1 is 1.12 bits per heavy atom. The van der Waals surface area contributed by atoms with Crippen LogP contribution in [-0.2, 0) is 26.3 Å². The van der Waals surface area contributed by atoms with Crippen LogP contribution < -0.4 is 9.47 Å². The normalized spacial score (nSPS) is 20.6. The molecule has 33 heavy (non-hydrogen) atoms. The molecule has 178 valence electrons. The molecule has 0 bridgehead atoms. The van der Waals surface area contributed by atoms with E-state index in [-0.39, 0.29) is 25.4 Å². The second kappa shape index (κ2) is 10.3. The third-order valence-electron chi connectivity index (χ3n) is 5.87. The maximum absolute atomic E-state index is 11.7. The van der Waals surface area contributed by atoms with Crippen LogP contribution in [0.1, 0.15) is 37.8 Å². The van der Waals surface area contributed by atoms with Gasteiger partial charge < -0.3 is 29.5 Å². The van der Waals surface area contributed by atoms with Crippen molar-refractivity contribution in [1.82, 2.24) is 0 Å². The van der Waals surface area contributed by atoms with Crippen molar-refractivity contribution >= 4 is 11.8 Å². The molecular formula is C25H30O8. The minimum absolute atomic E-state index is 0.0127. The Bertz CT molecular complexity index is 961. The Morgan fingerprint density at radius 2 is 1.79 bits per heavy atom. The summed E-state index contributed by atoms with van der Waals surface area (Å²) in [6.07, 6.45) is 0.527. The van der Waals surface area contributed by atoms with Gasteiger partial charge in [-0.2, -0.15) is 0 Å². The van der Waals surface area contributed by atoms with Crippen molar-refractivity contribution in [3.8, 4) is 11.5 Å². The average molecular weight is 459 g/mol. The molecule has 3 N–H and O–H groups in total. The lowest BCUT2D eigenvalue weighted by atomic mass is 9.91. The maximum atomic E-state index is 11.7. The van der Waals surface area contributed by atoms with Gasteiger partial charge in [-0.1, -0.05) is 24.3 Å². The molecule has 1 fully saturated rings. The molecule has 8 nitrogen and oxygen atoms in total. The highest BCUT2D eigenvalue weighted by Crippen LogP contribution is 2.31. The Hall–Kier alpha value is -2.94. The molecule has 1 aliphatic heterocycles. The average Bonchev–Trinajstić information content (AvgIpc) is 3.26. The lowest BCUT2D eigenvalue weighted by molar-refractivity contribution is -0.159. The summed E-state index contributed by atoms with van der Waals surface area (Å²) in [4.78, 5) is 23.2. The molecule has 2 aromatic carbocycles. The van der Waals surface area contributed by atoms with E-state index in [0.717, 1.165) is 5.56 Å². The number of carbonyl (C=O) groups is 2. The summed E-state index contributed by atoms with van der Waals surface area (Å²) in [6.45, 7) is 3.17. The van der Waals surface area contributed by atoms with Crippen LogP contribution in [0.4, 0.5) is 0 Å². The highest BCUT2D eigenvalue weighted by atomic mass is 16.5. The van der Waals surface area contributed by atoms with Gasteiger partial charge in [0.15, 0.2) is 11.4 Å². The van der Waals surface area contributed by atoms with Crippen LogP contribution in [0.15, 0.2) is 48.5 Å². The molecule has 0 radical (unpaired) electrons. The zero-order chi connectivity index (χ0) is 24.1. The van der Waals surface area contributed by atoms with E-state index in [9.17, 15) is 24.9 Å². The molecule has 0 aliphatic carbocycles. The van der Waals surface area contributed by atoms with E-state index >= 15 is 0 Å². The molecule has 3 rings (SSSR count). The smallest absolute Gasteiger partial charge is 0.336 e. The van der Waals surface area contributed by atoms with Crippen LogP contribution in [0.25, 0.3) is 0 Å². The molecule has 0 amide bonds. The predicted molar refractivity (Wildman–Crippen MR) is 119 cm³/mol. The first-order valence-corrected chi connectivity index (χ1v) is 10.9. The van der Waals surface area contributed by atoms with Gasteiger partial charge in [-0.3, -0.25) is 4.79 Å². The van der Waals surface area contributed by atoms with Gasteiger partial charge in [0.25, 0.3) is 0 Å². The number of ketones is 1. The minimum Gasteiger partial charge on any atom is -0.491 e. The fourth-order valence-electron chi connectivity index (χ4n) is 3.67. The first-order valence-electron chi connectivity index (χ1n) is 10.9. The Labute approximate surface area is 192 Å². The van der Waals surface area contributed by atoms with Gasteiger partial charge in [-0.15, -0.1) is 0 Å². The summed E-state index contributed by atoms with van der Waals surface area (Å²) in [6, 6.07) is 13.5. The third-order valence-corrected chi connectivity index (χ3v) is 5.87. The molecule has 0 spiro atoms. The van der Waals surface area contributed by atoms with Gasteiger partial charge in [0, 0.05) is 13.0 Å². The van der Waals surface area contributed by atoms with Crippen LogP contribution >= 0.6 is 0 Å². The van der Waals surface area contributed by atoms with E-state index in [2.05, 4.69) is 0 Å². The zero-order valence-electron chi connectivity index (χ0n) is 18.8. The fourth-order valence-corrected chi connectivity index (χ4v) is 3.67. The standard InChI is InChI=1S/C25H30O8/c1-17(26)24(2,30)19-7-9-21(10-8-19)31-15-20(27)16-32-22-6-3-5-18(13-22)14-25(23(28)29)11-4-12-33-25/h3,5-10,13,20,27,30H,4,11-12,14-16H2,1-2H3,(H,28,29). The second-order valence-electron chi connectivity index (χ2n) is 8.50. The lowest BCUT2D eigenvalue weighted by Gasteiger charge is -2.23. The van der Waals surface area contributed by atoms with Crippen LogP contribution in [0, 0.1) is 0 Å². The topological polar surface area (TPSA) is 123 Å². The van der Waals surface area contributed by atoms with Crippen molar-refractivity contribution in [3.63, 3.8) is 0 Å². The van der Waals surface area contributed by atoms with E-state index in [1.807, 2.05) is 6.07 Å². The monoisotopic (exact) mass is 458 g/mol. The fraction of sp³-hybridized carbons (Fsp3) is 0.440. The highest BCUT2D eigenvalue weighted by molar-refractivity contribution is 5.85. The summed E-state index contributed by atoms with van der Waals surface area (Å²) < 4.78 is 16.7. The molecule has 2 aromatic rings. The Balaban J connectivity index is 1.50. The van der Waals surface area contributed by atoms with E-state index < -0.39 is 23.3 Å². The zero-order valence-corrected chi connectivity index (χ0v) is 18.8. The largest absolute Gasteiger partial charge is 0.491 e. The Kier molecular flexibility index (Phi) is 7.73. The van der Waals surface area contributed by atoms with Crippen LogP contribution in [0.3, 0.4) is 0 Å². The highest BCUT2D eigenvalue weighted by Gasteiger charge is 2.43. The summed E-state index contributed by atoms with van der Waals surface area (Å²) in [5.74, 6) is -0.325.